The number of carbonyl (C=O) groups excluding carboxylic acids is 1. The molecule has 0 aromatic heterocycles. The summed E-state index contributed by atoms with van der Waals surface area (Å²) < 4.78 is 33.6. The normalized spacial score (nSPS) is 15.9. The Kier molecular flexibility index (Phi) is 4.98. The lowest BCUT2D eigenvalue weighted by molar-refractivity contribution is 0.102. The van der Waals surface area contributed by atoms with E-state index in [9.17, 15) is 13.2 Å². The number of sulfonamides is 1. The number of nitrogens with zero attached hydrogens (tertiary/aromatic N) is 1. The van der Waals surface area contributed by atoms with E-state index in [4.69, 9.17) is 4.74 Å². The molecule has 1 N–H and O–H groups in total. The second-order valence-electron chi connectivity index (χ2n) is 6.78. The van der Waals surface area contributed by atoms with Crippen LogP contribution in [0.2, 0.25) is 0 Å². The number of fused-ring (bicyclic) bond motifs is 1. The minimum Gasteiger partial charge on any atom is -0.487 e. The van der Waals surface area contributed by atoms with Gasteiger partial charge in [-0.05, 0) is 55.5 Å². The Morgan fingerprint density at radius 1 is 0.966 bits per heavy atom. The maximum Gasteiger partial charge on any atom is 0.264 e. The number of ether oxygens (including phenoxy) is 1. The van der Waals surface area contributed by atoms with Crippen LogP contribution in [-0.4, -0.2) is 27.0 Å². The molecule has 1 heterocycles. The van der Waals surface area contributed by atoms with Crippen LogP contribution < -0.4 is 14.4 Å². The Bertz CT molecular complexity index is 1130. The number of para-hydroxylation sites is 2. The Balaban J connectivity index is 1.58. The molecule has 1 atom stereocenters. The van der Waals surface area contributed by atoms with Crippen LogP contribution in [0.15, 0.2) is 83.8 Å². The first kappa shape index (κ1) is 19.0. The van der Waals surface area contributed by atoms with Crippen LogP contribution in [0.3, 0.4) is 0 Å². The van der Waals surface area contributed by atoms with E-state index in [2.05, 4.69) is 5.32 Å². The van der Waals surface area contributed by atoms with Gasteiger partial charge in [0.15, 0.2) is 0 Å². The molecule has 0 bridgehead atoms. The first-order valence-corrected chi connectivity index (χ1v) is 10.6. The molecule has 0 unspecified atom stereocenters. The minimum atomic E-state index is -3.77. The van der Waals surface area contributed by atoms with Gasteiger partial charge >= 0.3 is 0 Å². The van der Waals surface area contributed by atoms with Crippen molar-refractivity contribution in [3.05, 3.63) is 84.4 Å². The molecule has 29 heavy (non-hydrogen) atoms. The van der Waals surface area contributed by atoms with Crippen molar-refractivity contribution in [3.8, 4) is 5.75 Å². The highest BCUT2D eigenvalue weighted by Gasteiger charge is 2.32. The summed E-state index contributed by atoms with van der Waals surface area (Å²) in [5, 5.41) is 2.77. The largest absolute Gasteiger partial charge is 0.487 e. The van der Waals surface area contributed by atoms with Crippen molar-refractivity contribution < 1.29 is 17.9 Å². The lowest BCUT2D eigenvalue weighted by atomic mass is 10.2. The van der Waals surface area contributed by atoms with Crippen LogP contribution in [0.25, 0.3) is 0 Å². The predicted octanol–water partition coefficient (Wildman–Crippen LogP) is 3.92. The number of benzene rings is 3. The van der Waals surface area contributed by atoms with E-state index in [0.29, 0.717) is 22.7 Å². The van der Waals surface area contributed by atoms with Crippen LogP contribution in [0.5, 0.6) is 5.75 Å². The zero-order chi connectivity index (χ0) is 20.4. The molecule has 0 radical (unpaired) electrons. The number of anilines is 2. The Labute approximate surface area is 169 Å². The second kappa shape index (κ2) is 7.60. The molecule has 3 aromatic rings. The molecule has 6 nitrogen and oxygen atoms in total. The minimum absolute atomic E-state index is 0.152. The van der Waals surface area contributed by atoms with Gasteiger partial charge in [-0.1, -0.05) is 30.3 Å². The molecule has 7 heteroatoms. The van der Waals surface area contributed by atoms with E-state index in [0.717, 1.165) is 0 Å². The molecule has 0 fully saturated rings. The number of hydrogen-bond acceptors (Lipinski definition) is 4. The molecule has 3 aromatic carbocycles. The lowest BCUT2D eigenvalue weighted by Crippen LogP contribution is -2.42. The van der Waals surface area contributed by atoms with Crippen molar-refractivity contribution in [3.63, 3.8) is 0 Å². The Morgan fingerprint density at radius 3 is 2.34 bits per heavy atom. The summed E-state index contributed by atoms with van der Waals surface area (Å²) in [5.74, 6) is 0.290. The van der Waals surface area contributed by atoms with Gasteiger partial charge in [0.05, 0.1) is 17.1 Å². The van der Waals surface area contributed by atoms with Crippen molar-refractivity contribution in [2.24, 2.45) is 0 Å². The second-order valence-corrected chi connectivity index (χ2v) is 8.64. The summed E-state index contributed by atoms with van der Waals surface area (Å²) in [7, 11) is -3.77. The molecule has 1 aliphatic rings. The number of nitrogens with one attached hydrogen (secondary N) is 1. The molecule has 0 saturated heterocycles. The van der Waals surface area contributed by atoms with Gasteiger partial charge in [-0.3, -0.25) is 9.10 Å². The van der Waals surface area contributed by atoms with Crippen LogP contribution in [0.4, 0.5) is 11.4 Å². The third-order valence-corrected chi connectivity index (χ3v) is 6.42. The van der Waals surface area contributed by atoms with E-state index in [1.807, 2.05) is 19.1 Å². The average Bonchev–Trinajstić information content (AvgIpc) is 2.74. The van der Waals surface area contributed by atoms with Gasteiger partial charge in [-0.2, -0.15) is 0 Å². The van der Waals surface area contributed by atoms with E-state index < -0.39 is 10.0 Å². The third-order valence-electron chi connectivity index (χ3n) is 4.62. The summed E-state index contributed by atoms with van der Waals surface area (Å²) in [6.07, 6.45) is -0.260. The van der Waals surface area contributed by atoms with E-state index in [1.165, 1.54) is 16.4 Å². The van der Waals surface area contributed by atoms with Gasteiger partial charge in [-0.15, -0.1) is 0 Å². The SMILES string of the molecule is C[C@@H]1CN(S(=O)(=O)c2ccc(NC(=O)c3ccccc3)cc2)c2ccccc2O1. The van der Waals surface area contributed by atoms with E-state index in [-0.39, 0.29) is 23.5 Å². The zero-order valence-electron chi connectivity index (χ0n) is 15.8. The van der Waals surface area contributed by atoms with Gasteiger partial charge in [0.1, 0.15) is 11.9 Å². The van der Waals surface area contributed by atoms with Crippen molar-refractivity contribution in [2.45, 2.75) is 17.9 Å². The predicted molar refractivity (Wildman–Crippen MR) is 112 cm³/mol. The van der Waals surface area contributed by atoms with Crippen LogP contribution >= 0.6 is 0 Å². The summed E-state index contributed by atoms with van der Waals surface area (Å²) in [5.41, 5.74) is 1.57. The molecular weight excluding hydrogens is 388 g/mol. The van der Waals surface area contributed by atoms with Gasteiger partial charge in [-0.25, -0.2) is 8.42 Å². The summed E-state index contributed by atoms with van der Waals surface area (Å²) >= 11 is 0. The molecule has 0 aliphatic carbocycles. The number of carbonyl (C=O) groups is 1. The maximum atomic E-state index is 13.2. The topological polar surface area (TPSA) is 75.7 Å². The van der Waals surface area contributed by atoms with Crippen molar-refractivity contribution in [1.82, 2.24) is 0 Å². The van der Waals surface area contributed by atoms with Crippen molar-refractivity contribution >= 4 is 27.3 Å². The fraction of sp³-hybridized carbons (Fsp3) is 0.136. The molecule has 148 valence electrons. The fourth-order valence-corrected chi connectivity index (χ4v) is 4.76. The molecule has 0 spiro atoms. The smallest absolute Gasteiger partial charge is 0.264 e. The standard InChI is InChI=1S/C22H20N2O4S/c1-16-15-24(20-9-5-6-10-21(20)28-16)29(26,27)19-13-11-18(12-14-19)23-22(25)17-7-3-2-4-8-17/h2-14,16H,15H2,1H3,(H,23,25)/t16-/m1/s1. The van der Waals surface area contributed by atoms with Gasteiger partial charge in [0.25, 0.3) is 15.9 Å². The van der Waals surface area contributed by atoms with Gasteiger partial charge < -0.3 is 10.1 Å². The van der Waals surface area contributed by atoms with Crippen LogP contribution in [-0.2, 0) is 10.0 Å². The van der Waals surface area contributed by atoms with Crippen LogP contribution in [0, 0.1) is 0 Å². The quantitative estimate of drug-likeness (QED) is 0.710. The third kappa shape index (κ3) is 3.82. The van der Waals surface area contributed by atoms with Crippen LogP contribution in [0.1, 0.15) is 17.3 Å². The Hall–Kier alpha value is -3.32. The Morgan fingerprint density at radius 2 is 1.62 bits per heavy atom. The molecular formula is C22H20N2O4S. The fourth-order valence-electron chi connectivity index (χ4n) is 3.21. The summed E-state index contributed by atoms with van der Waals surface area (Å²) in [6.45, 7) is 2.06. The highest BCUT2D eigenvalue weighted by atomic mass is 32.2. The number of amides is 1. The van der Waals surface area contributed by atoms with E-state index in [1.54, 1.807) is 54.6 Å². The van der Waals surface area contributed by atoms with Crippen molar-refractivity contribution in [2.75, 3.05) is 16.2 Å². The van der Waals surface area contributed by atoms with Crippen molar-refractivity contribution in [1.29, 1.82) is 0 Å². The summed E-state index contributed by atoms with van der Waals surface area (Å²) in [4.78, 5) is 12.4. The van der Waals surface area contributed by atoms with E-state index >= 15 is 0 Å². The zero-order valence-corrected chi connectivity index (χ0v) is 16.6. The van der Waals surface area contributed by atoms with Gasteiger partial charge in [0.2, 0.25) is 0 Å². The molecule has 1 aliphatic heterocycles. The molecule has 4 rings (SSSR count). The number of hydrogen-bond donors (Lipinski definition) is 1. The first-order valence-electron chi connectivity index (χ1n) is 9.20. The average molecular weight is 408 g/mol. The maximum absolute atomic E-state index is 13.2. The molecule has 1 amide bonds. The highest BCUT2D eigenvalue weighted by molar-refractivity contribution is 7.92. The van der Waals surface area contributed by atoms with Gasteiger partial charge in [0, 0.05) is 11.3 Å². The monoisotopic (exact) mass is 408 g/mol. The first-order chi connectivity index (χ1) is 13.9. The summed E-state index contributed by atoms with van der Waals surface area (Å²) in [6, 6.07) is 22.1. The lowest BCUT2D eigenvalue weighted by Gasteiger charge is -2.34. The molecule has 0 saturated carbocycles. The number of rotatable bonds is 4. The highest BCUT2D eigenvalue weighted by Crippen LogP contribution is 2.36.